The Morgan fingerprint density at radius 1 is 1.26 bits per heavy atom. The second-order valence-electron chi connectivity index (χ2n) is 5.87. The summed E-state index contributed by atoms with van der Waals surface area (Å²) in [5.41, 5.74) is 0.434. The molecule has 1 aliphatic heterocycles. The van der Waals surface area contributed by atoms with Crippen LogP contribution in [0.5, 0.6) is 0 Å². The zero-order valence-electron chi connectivity index (χ0n) is 11.9. The third-order valence-corrected chi connectivity index (χ3v) is 4.20. The third-order valence-electron chi connectivity index (χ3n) is 3.90. The highest BCUT2D eigenvalue weighted by atomic mass is 35.5. The summed E-state index contributed by atoms with van der Waals surface area (Å²) in [4.78, 5) is 4.00. The molecule has 2 heterocycles. The molecule has 1 aromatic heterocycles. The number of rotatable bonds is 2. The summed E-state index contributed by atoms with van der Waals surface area (Å²) in [5, 5.41) is 10.2. The first-order valence-corrected chi connectivity index (χ1v) is 6.71. The van der Waals surface area contributed by atoms with Gasteiger partial charge in [-0.2, -0.15) is 0 Å². The molecule has 0 radical (unpaired) electrons. The van der Waals surface area contributed by atoms with Crippen LogP contribution >= 0.6 is 11.6 Å². The topological polar surface area (TPSA) is 51.6 Å². The van der Waals surface area contributed by atoms with E-state index in [0.717, 1.165) is 5.46 Å². The van der Waals surface area contributed by atoms with Crippen LogP contribution in [0.4, 0.5) is 0 Å². The molecule has 0 bridgehead atoms. The Balaban J connectivity index is 2.43. The average Bonchev–Trinajstić information content (AvgIpc) is 2.47. The molecule has 1 aliphatic rings. The smallest absolute Gasteiger partial charge is 0.399 e. The second kappa shape index (κ2) is 4.74. The predicted molar refractivity (Wildman–Crippen MR) is 75.6 cm³/mol. The molecular formula is C13H19BClNO3. The molecule has 0 spiro atoms. The number of halogens is 1. The van der Waals surface area contributed by atoms with Gasteiger partial charge in [-0.15, -0.1) is 0 Å². The Bertz CT molecular complexity index is 475. The van der Waals surface area contributed by atoms with E-state index in [-0.39, 0.29) is 5.15 Å². The SMILES string of the molecule is CC(O)c1c(B2OC(C)(C)C(C)(C)O2)ccnc1Cl. The number of aromatic nitrogens is 1. The Kier molecular flexibility index (Phi) is 3.69. The van der Waals surface area contributed by atoms with Gasteiger partial charge in [-0.3, -0.25) is 0 Å². The van der Waals surface area contributed by atoms with Crippen LogP contribution in [0.25, 0.3) is 0 Å². The van der Waals surface area contributed by atoms with Crippen LogP contribution in [-0.4, -0.2) is 28.4 Å². The van der Waals surface area contributed by atoms with Gasteiger partial charge in [-0.1, -0.05) is 11.6 Å². The van der Waals surface area contributed by atoms with Crippen molar-refractivity contribution in [3.05, 3.63) is 23.0 Å². The number of nitrogens with zero attached hydrogens (tertiary/aromatic N) is 1. The van der Waals surface area contributed by atoms with Crippen LogP contribution < -0.4 is 5.46 Å². The first-order valence-electron chi connectivity index (χ1n) is 6.34. The summed E-state index contributed by atoms with van der Waals surface area (Å²) in [7, 11) is -0.546. The van der Waals surface area contributed by atoms with E-state index in [2.05, 4.69) is 4.98 Å². The summed E-state index contributed by atoms with van der Waals surface area (Å²) in [6.45, 7) is 9.59. The molecule has 1 unspecified atom stereocenters. The van der Waals surface area contributed by atoms with Gasteiger partial charge in [0.05, 0.1) is 17.3 Å². The summed E-state index contributed by atoms with van der Waals surface area (Å²) in [6.07, 6.45) is 0.865. The lowest BCUT2D eigenvalue weighted by molar-refractivity contribution is 0.00578. The zero-order valence-corrected chi connectivity index (χ0v) is 12.7. The fourth-order valence-electron chi connectivity index (χ4n) is 2.05. The number of hydrogen-bond donors (Lipinski definition) is 1. The summed E-state index contributed by atoms with van der Waals surface area (Å²) in [5.74, 6) is 0. The fourth-order valence-corrected chi connectivity index (χ4v) is 2.37. The van der Waals surface area contributed by atoms with Crippen molar-refractivity contribution in [1.29, 1.82) is 0 Å². The normalized spacial score (nSPS) is 22.6. The number of hydrogen-bond acceptors (Lipinski definition) is 4. The molecule has 1 aromatic rings. The van der Waals surface area contributed by atoms with Gasteiger partial charge >= 0.3 is 7.12 Å². The van der Waals surface area contributed by atoms with Gasteiger partial charge < -0.3 is 14.4 Å². The molecule has 0 aromatic carbocycles. The molecule has 6 heteroatoms. The lowest BCUT2D eigenvalue weighted by Crippen LogP contribution is -2.41. The standard InChI is InChI=1S/C13H19BClNO3/c1-8(17)10-9(6-7-16-11(10)15)14-18-12(2,3)13(4,5)19-14/h6-8,17H,1-5H3. The first-order chi connectivity index (χ1) is 8.66. The first kappa shape index (κ1) is 14.8. The Morgan fingerprint density at radius 3 is 2.26 bits per heavy atom. The fraction of sp³-hybridized carbons (Fsp3) is 0.615. The van der Waals surface area contributed by atoms with Crippen molar-refractivity contribution in [1.82, 2.24) is 4.98 Å². The van der Waals surface area contributed by atoms with Crippen LogP contribution in [0.1, 0.15) is 46.3 Å². The van der Waals surface area contributed by atoms with Crippen LogP contribution in [0.15, 0.2) is 12.3 Å². The molecule has 0 saturated carbocycles. The number of aliphatic hydroxyl groups is 1. The van der Waals surface area contributed by atoms with Gasteiger partial charge in [0.15, 0.2) is 0 Å². The maximum atomic E-state index is 9.87. The van der Waals surface area contributed by atoms with Gasteiger partial charge in [0.2, 0.25) is 0 Å². The second-order valence-corrected chi connectivity index (χ2v) is 6.23. The maximum absolute atomic E-state index is 9.87. The Hall–Kier alpha value is -0.615. The molecule has 1 fully saturated rings. The molecule has 4 nitrogen and oxygen atoms in total. The lowest BCUT2D eigenvalue weighted by Gasteiger charge is -2.32. The minimum absolute atomic E-state index is 0.280. The summed E-state index contributed by atoms with van der Waals surface area (Å²) >= 11 is 6.06. The van der Waals surface area contributed by atoms with E-state index in [1.165, 1.54) is 0 Å². The van der Waals surface area contributed by atoms with Gasteiger partial charge in [-0.25, -0.2) is 4.98 Å². The molecular weight excluding hydrogens is 264 g/mol. The van der Waals surface area contributed by atoms with Crippen molar-refractivity contribution >= 4 is 24.2 Å². The molecule has 1 N–H and O–H groups in total. The lowest BCUT2D eigenvalue weighted by atomic mass is 9.75. The molecule has 19 heavy (non-hydrogen) atoms. The monoisotopic (exact) mass is 283 g/mol. The molecule has 0 aliphatic carbocycles. The molecule has 104 valence electrons. The highest BCUT2D eigenvalue weighted by Crippen LogP contribution is 2.37. The van der Waals surface area contributed by atoms with Gasteiger partial charge in [-0.05, 0) is 46.1 Å². The molecule has 1 saturated heterocycles. The Morgan fingerprint density at radius 2 is 1.79 bits per heavy atom. The van der Waals surface area contributed by atoms with Gasteiger partial charge in [0, 0.05) is 11.8 Å². The van der Waals surface area contributed by atoms with E-state index in [1.54, 1.807) is 19.2 Å². The van der Waals surface area contributed by atoms with E-state index < -0.39 is 24.4 Å². The van der Waals surface area contributed by atoms with Gasteiger partial charge in [0.25, 0.3) is 0 Å². The van der Waals surface area contributed by atoms with E-state index >= 15 is 0 Å². The van der Waals surface area contributed by atoms with E-state index in [4.69, 9.17) is 20.9 Å². The van der Waals surface area contributed by atoms with Crippen molar-refractivity contribution in [2.45, 2.75) is 51.9 Å². The third kappa shape index (κ3) is 2.52. The number of aliphatic hydroxyl groups excluding tert-OH is 1. The van der Waals surface area contributed by atoms with Crippen LogP contribution in [0.3, 0.4) is 0 Å². The van der Waals surface area contributed by atoms with Crippen molar-refractivity contribution in [2.75, 3.05) is 0 Å². The van der Waals surface area contributed by atoms with Crippen LogP contribution in [0, 0.1) is 0 Å². The summed E-state index contributed by atoms with van der Waals surface area (Å²) in [6, 6.07) is 1.77. The largest absolute Gasteiger partial charge is 0.495 e. The zero-order chi connectivity index (χ0) is 14.4. The summed E-state index contributed by atoms with van der Waals surface area (Å²) < 4.78 is 12.0. The van der Waals surface area contributed by atoms with Crippen LogP contribution in [0.2, 0.25) is 5.15 Å². The minimum Gasteiger partial charge on any atom is -0.399 e. The van der Waals surface area contributed by atoms with Crippen molar-refractivity contribution in [2.24, 2.45) is 0 Å². The predicted octanol–water partition coefficient (Wildman–Crippen LogP) is 2.09. The molecule has 2 rings (SSSR count). The van der Waals surface area contributed by atoms with E-state index in [9.17, 15) is 5.11 Å². The van der Waals surface area contributed by atoms with E-state index in [0.29, 0.717) is 5.56 Å². The Labute approximate surface area is 119 Å². The maximum Gasteiger partial charge on any atom is 0.495 e. The van der Waals surface area contributed by atoms with Crippen molar-refractivity contribution < 1.29 is 14.4 Å². The van der Waals surface area contributed by atoms with Crippen LogP contribution in [-0.2, 0) is 9.31 Å². The van der Waals surface area contributed by atoms with E-state index in [1.807, 2.05) is 27.7 Å². The molecule has 1 atom stereocenters. The van der Waals surface area contributed by atoms with Crippen molar-refractivity contribution in [3.8, 4) is 0 Å². The molecule has 0 amide bonds. The highest BCUT2D eigenvalue weighted by molar-refractivity contribution is 6.63. The van der Waals surface area contributed by atoms with Gasteiger partial charge in [0.1, 0.15) is 5.15 Å². The quantitative estimate of drug-likeness (QED) is 0.667. The highest BCUT2D eigenvalue weighted by Gasteiger charge is 2.52. The van der Waals surface area contributed by atoms with Crippen molar-refractivity contribution in [3.63, 3.8) is 0 Å². The average molecular weight is 284 g/mol. The minimum atomic E-state index is -0.727. The number of pyridine rings is 1.